The molecule has 0 radical (unpaired) electrons. The van der Waals surface area contributed by atoms with Crippen molar-refractivity contribution in [2.24, 2.45) is 0 Å². The Morgan fingerprint density at radius 1 is 1.04 bits per heavy atom. The van der Waals surface area contributed by atoms with Crippen molar-refractivity contribution < 1.29 is 0 Å². The van der Waals surface area contributed by atoms with Gasteiger partial charge in [-0.2, -0.15) is 5.26 Å². The first-order valence-electron chi connectivity index (χ1n) is 8.28. The molecule has 4 nitrogen and oxygen atoms in total. The van der Waals surface area contributed by atoms with Gasteiger partial charge in [0.05, 0.1) is 6.07 Å². The van der Waals surface area contributed by atoms with E-state index in [4.69, 9.17) is 5.26 Å². The second kappa shape index (κ2) is 8.00. The van der Waals surface area contributed by atoms with Crippen LogP contribution < -0.4 is 0 Å². The first-order chi connectivity index (χ1) is 12.2. The number of hydrogen-bond donors (Lipinski definition) is 0. The quantitative estimate of drug-likeness (QED) is 0.467. The zero-order valence-electron chi connectivity index (χ0n) is 14.4. The molecule has 2 aromatic carbocycles. The number of nitriles is 1. The second-order valence-electron chi connectivity index (χ2n) is 5.96. The molecular formula is C20H20N4S. The van der Waals surface area contributed by atoms with Crippen LogP contribution in [0.4, 0.5) is 0 Å². The number of unbranched alkanes of at least 4 members (excludes halogenated alkanes) is 1. The summed E-state index contributed by atoms with van der Waals surface area (Å²) in [6.45, 7) is 4.16. The second-order valence-corrected chi connectivity index (χ2v) is 7.02. The molecule has 1 aromatic heterocycles. The minimum atomic E-state index is 0.566. The average Bonchev–Trinajstić information content (AvgIpc) is 3.03. The average molecular weight is 348 g/mol. The Labute approximate surface area is 152 Å². The molecule has 3 rings (SSSR count). The molecule has 0 fully saturated rings. The molecule has 0 aliphatic carbocycles. The molecule has 0 spiro atoms. The predicted molar refractivity (Wildman–Crippen MR) is 102 cm³/mol. The summed E-state index contributed by atoms with van der Waals surface area (Å²) >= 11 is 1.64. The number of aromatic nitrogens is 3. The maximum Gasteiger partial charge on any atom is 0.196 e. The Bertz CT molecular complexity index is 891. The number of benzene rings is 2. The van der Waals surface area contributed by atoms with Gasteiger partial charge in [-0.15, -0.1) is 10.2 Å². The zero-order valence-corrected chi connectivity index (χ0v) is 15.3. The maximum absolute atomic E-state index is 8.71. The minimum Gasteiger partial charge on any atom is -0.270 e. The molecule has 0 N–H and O–H groups in total. The van der Waals surface area contributed by atoms with E-state index in [0.717, 1.165) is 34.4 Å². The van der Waals surface area contributed by atoms with E-state index in [1.54, 1.807) is 11.8 Å². The molecule has 0 saturated carbocycles. The summed E-state index contributed by atoms with van der Waals surface area (Å²) in [5.41, 5.74) is 4.52. The molecule has 0 aliphatic rings. The third kappa shape index (κ3) is 4.09. The van der Waals surface area contributed by atoms with Gasteiger partial charge in [0.25, 0.3) is 0 Å². The van der Waals surface area contributed by atoms with Crippen molar-refractivity contribution in [3.8, 4) is 23.1 Å². The van der Waals surface area contributed by atoms with Gasteiger partial charge < -0.3 is 0 Å². The summed E-state index contributed by atoms with van der Waals surface area (Å²) in [7, 11) is 0. The van der Waals surface area contributed by atoms with Crippen LogP contribution in [0.15, 0.2) is 53.7 Å². The smallest absolute Gasteiger partial charge is 0.196 e. The zero-order chi connectivity index (χ0) is 17.6. The topological polar surface area (TPSA) is 54.5 Å². The summed E-state index contributed by atoms with van der Waals surface area (Å²) in [6, 6.07) is 18.9. The third-order valence-electron chi connectivity index (χ3n) is 3.87. The number of nitrogens with zero attached hydrogens (tertiary/aromatic N) is 4. The molecule has 0 bridgehead atoms. The fraction of sp³-hybridized carbons (Fsp3) is 0.250. The van der Waals surface area contributed by atoms with E-state index in [1.807, 2.05) is 6.07 Å². The third-order valence-corrected chi connectivity index (χ3v) is 4.88. The van der Waals surface area contributed by atoms with Crippen molar-refractivity contribution in [1.29, 1.82) is 5.26 Å². The highest BCUT2D eigenvalue weighted by Gasteiger charge is 2.16. The lowest BCUT2D eigenvalue weighted by Crippen LogP contribution is -2.00. The first-order valence-corrected chi connectivity index (χ1v) is 9.27. The summed E-state index contributed by atoms with van der Waals surface area (Å²) in [5.74, 6) is 1.70. The molecule has 3 aromatic rings. The van der Waals surface area contributed by atoms with E-state index in [1.165, 1.54) is 11.1 Å². The lowest BCUT2D eigenvalue weighted by atomic mass is 10.1. The molecule has 5 heteroatoms. The van der Waals surface area contributed by atoms with Crippen LogP contribution in [-0.2, 0) is 0 Å². The molecule has 1 heterocycles. The van der Waals surface area contributed by atoms with Crippen LogP contribution in [0.5, 0.6) is 0 Å². The minimum absolute atomic E-state index is 0.566. The van der Waals surface area contributed by atoms with Crippen LogP contribution in [0.2, 0.25) is 0 Å². The molecule has 25 heavy (non-hydrogen) atoms. The van der Waals surface area contributed by atoms with Crippen LogP contribution in [0.25, 0.3) is 17.1 Å². The van der Waals surface area contributed by atoms with E-state index in [0.29, 0.717) is 6.42 Å². The highest BCUT2D eigenvalue weighted by atomic mass is 32.2. The number of thioether (sulfide) groups is 1. The molecule has 0 atom stereocenters. The normalized spacial score (nSPS) is 10.6. The molecular weight excluding hydrogens is 328 g/mol. The first kappa shape index (κ1) is 17.2. The molecule has 0 saturated heterocycles. The Hall–Kier alpha value is -2.58. The summed E-state index contributed by atoms with van der Waals surface area (Å²) < 4.78 is 2.10. The van der Waals surface area contributed by atoms with Crippen molar-refractivity contribution in [2.45, 2.75) is 31.8 Å². The Morgan fingerprint density at radius 3 is 2.56 bits per heavy atom. The summed E-state index contributed by atoms with van der Waals surface area (Å²) in [6.07, 6.45) is 1.41. The SMILES string of the molecule is Cc1ccc(-n2c(SCCCC#N)nnc2-c2cccc(C)c2)cc1. The number of hydrogen-bond acceptors (Lipinski definition) is 4. The highest BCUT2D eigenvalue weighted by molar-refractivity contribution is 7.99. The molecule has 126 valence electrons. The van der Waals surface area contributed by atoms with E-state index < -0.39 is 0 Å². The van der Waals surface area contributed by atoms with Gasteiger partial charge in [-0.1, -0.05) is 53.2 Å². The van der Waals surface area contributed by atoms with Gasteiger partial charge >= 0.3 is 0 Å². The lowest BCUT2D eigenvalue weighted by molar-refractivity contribution is 0.879. The Balaban J connectivity index is 2.02. The van der Waals surface area contributed by atoms with Crippen LogP contribution in [0, 0.1) is 25.2 Å². The Kier molecular flexibility index (Phi) is 5.52. The van der Waals surface area contributed by atoms with Gasteiger partial charge in [0, 0.05) is 23.4 Å². The Morgan fingerprint density at radius 2 is 1.84 bits per heavy atom. The lowest BCUT2D eigenvalue weighted by Gasteiger charge is -2.11. The van der Waals surface area contributed by atoms with Crippen molar-refractivity contribution >= 4 is 11.8 Å². The highest BCUT2D eigenvalue weighted by Crippen LogP contribution is 2.29. The van der Waals surface area contributed by atoms with E-state index in [9.17, 15) is 0 Å². The van der Waals surface area contributed by atoms with Crippen molar-refractivity contribution in [1.82, 2.24) is 14.8 Å². The standard InChI is InChI=1S/C20H20N4S/c1-15-8-10-18(11-9-15)24-19(17-7-5-6-16(2)14-17)22-23-20(24)25-13-4-3-12-21/h5-11,14H,3-4,13H2,1-2H3. The van der Waals surface area contributed by atoms with Gasteiger partial charge in [-0.05, 0) is 38.5 Å². The molecule has 0 aliphatic heterocycles. The molecule has 0 unspecified atom stereocenters. The van der Waals surface area contributed by atoms with Gasteiger partial charge in [0.2, 0.25) is 0 Å². The van der Waals surface area contributed by atoms with E-state index in [-0.39, 0.29) is 0 Å². The summed E-state index contributed by atoms with van der Waals surface area (Å²) in [5, 5.41) is 18.4. The van der Waals surface area contributed by atoms with Crippen molar-refractivity contribution in [2.75, 3.05) is 5.75 Å². The van der Waals surface area contributed by atoms with Crippen molar-refractivity contribution in [3.63, 3.8) is 0 Å². The largest absolute Gasteiger partial charge is 0.270 e. The van der Waals surface area contributed by atoms with E-state index >= 15 is 0 Å². The number of rotatable bonds is 6. The van der Waals surface area contributed by atoms with Gasteiger partial charge in [-0.3, -0.25) is 4.57 Å². The van der Waals surface area contributed by atoms with Crippen LogP contribution >= 0.6 is 11.8 Å². The maximum atomic E-state index is 8.71. The molecule has 0 amide bonds. The predicted octanol–water partition coefficient (Wildman–Crippen LogP) is 4.95. The van der Waals surface area contributed by atoms with E-state index in [2.05, 4.69) is 77.1 Å². The summed E-state index contributed by atoms with van der Waals surface area (Å²) in [4.78, 5) is 0. The van der Waals surface area contributed by atoms with Crippen LogP contribution in [0.3, 0.4) is 0 Å². The van der Waals surface area contributed by atoms with Crippen molar-refractivity contribution in [3.05, 3.63) is 59.7 Å². The van der Waals surface area contributed by atoms with Gasteiger partial charge in [0.1, 0.15) is 0 Å². The van der Waals surface area contributed by atoms with Gasteiger partial charge in [0.15, 0.2) is 11.0 Å². The fourth-order valence-corrected chi connectivity index (χ4v) is 3.47. The monoisotopic (exact) mass is 348 g/mol. The van der Waals surface area contributed by atoms with Gasteiger partial charge in [-0.25, -0.2) is 0 Å². The fourth-order valence-electron chi connectivity index (χ4n) is 2.58. The van der Waals surface area contributed by atoms with Crippen LogP contribution in [0.1, 0.15) is 24.0 Å². The van der Waals surface area contributed by atoms with Crippen LogP contribution in [-0.4, -0.2) is 20.5 Å². The number of aryl methyl sites for hydroxylation is 2.